The van der Waals surface area contributed by atoms with Crippen LogP contribution in [0.2, 0.25) is 0 Å². The quantitative estimate of drug-likeness (QED) is 0.246. The van der Waals surface area contributed by atoms with Crippen molar-refractivity contribution in [1.29, 1.82) is 5.26 Å². The van der Waals surface area contributed by atoms with E-state index in [1.807, 2.05) is 0 Å². The van der Waals surface area contributed by atoms with Crippen molar-refractivity contribution < 1.29 is 1.43 Å². The van der Waals surface area contributed by atoms with Crippen LogP contribution in [0.25, 0.3) is 0 Å². The Hall–Kier alpha value is 0.840. The van der Waals surface area contributed by atoms with Gasteiger partial charge in [0.25, 0.3) is 0 Å². The summed E-state index contributed by atoms with van der Waals surface area (Å²) >= 11 is 3.09. The summed E-state index contributed by atoms with van der Waals surface area (Å²) in [7, 11) is 0. The molecular weight excluding hydrogens is 81.1 g/mol. The number of hydrogen-bond acceptors (Lipinski definition) is 2. The maximum atomic E-state index is 7.18. The van der Waals surface area contributed by atoms with Gasteiger partial charge in [0, 0.05) is 0 Å². The third kappa shape index (κ3) is 13.6. The van der Waals surface area contributed by atoms with E-state index < -0.39 is 0 Å². The fourth-order valence-corrected chi connectivity index (χ4v) is 0. The van der Waals surface area contributed by atoms with Crippen LogP contribution in [0, 0.1) is 10.7 Å². The van der Waals surface area contributed by atoms with Crippen molar-refractivity contribution in [2.24, 2.45) is 0 Å². The van der Waals surface area contributed by atoms with E-state index in [9.17, 15) is 0 Å². The Bertz CT molecular complexity index is 33.1. The second-order valence-corrected chi connectivity index (χ2v) is 0.300. The molecule has 0 aliphatic rings. The van der Waals surface area contributed by atoms with Gasteiger partial charge in [-0.25, -0.2) is 0 Å². The summed E-state index contributed by atoms with van der Waals surface area (Å²) in [4.78, 5) is 0. The Morgan fingerprint density at radius 3 is 2.00 bits per heavy atom. The van der Waals surface area contributed by atoms with Crippen molar-refractivity contribution >= 4 is 42.2 Å². The van der Waals surface area contributed by atoms with E-state index in [1.54, 1.807) is 0 Å². The van der Waals surface area contributed by atoms with Gasteiger partial charge in [-0.1, -0.05) is 12.6 Å². The van der Waals surface area contributed by atoms with E-state index in [4.69, 9.17) is 5.26 Å². The van der Waals surface area contributed by atoms with Crippen LogP contribution in [0.4, 0.5) is 0 Å². The summed E-state index contributed by atoms with van der Waals surface area (Å²) in [6.45, 7) is 0. The van der Waals surface area contributed by atoms with E-state index in [1.165, 1.54) is 5.40 Å². The fraction of sp³-hybridized carbons (Fsp3) is 0. The first-order valence-electron chi connectivity index (χ1n) is 0.447. The predicted molar refractivity (Wildman–Crippen MR) is 22.9 cm³/mol. The number of nitriles is 1. The zero-order valence-electron chi connectivity index (χ0n) is 2.39. The van der Waals surface area contributed by atoms with Crippen molar-refractivity contribution in [1.82, 2.24) is 0 Å². The first-order valence-corrected chi connectivity index (χ1v) is 0.894. The van der Waals surface area contributed by atoms with Crippen LogP contribution in [0.3, 0.4) is 0 Å². The van der Waals surface area contributed by atoms with Crippen molar-refractivity contribution in [3.05, 3.63) is 0 Å². The standard InChI is InChI=1S/CHNS.Na.H/c2-1-3;;/h3H;;/p+1. The molecule has 0 aliphatic carbocycles. The van der Waals surface area contributed by atoms with Gasteiger partial charge in [-0.3, -0.25) is 0 Å². The summed E-state index contributed by atoms with van der Waals surface area (Å²) < 4.78 is 0. The molecule has 0 saturated carbocycles. The molecule has 0 aromatic carbocycles. The molecule has 0 fully saturated rings. The Balaban J connectivity index is -0.0000000200. The molecule has 4 heavy (non-hydrogen) atoms. The van der Waals surface area contributed by atoms with E-state index in [0.29, 0.717) is 0 Å². The zero-order valence-corrected chi connectivity index (χ0v) is 2.29. The molecule has 0 spiro atoms. The van der Waals surface area contributed by atoms with Crippen LogP contribution in [0.1, 0.15) is 1.43 Å². The molecular formula is CH3NNaS+. The van der Waals surface area contributed by atoms with Gasteiger partial charge in [0.15, 0.2) is 0 Å². The third-order valence-electron chi connectivity index (χ3n) is 0. The summed E-state index contributed by atoms with van der Waals surface area (Å²) in [5, 5.41) is 8.63. The fourth-order valence-electron chi connectivity index (χ4n) is 0. The number of rotatable bonds is 0. The Morgan fingerprint density at radius 1 is 2.00 bits per heavy atom. The molecule has 0 unspecified atom stereocenters. The van der Waals surface area contributed by atoms with Gasteiger partial charge < -0.3 is 0 Å². The summed E-state index contributed by atoms with van der Waals surface area (Å²) in [5.74, 6) is 0. The molecule has 3 heteroatoms. The van der Waals surface area contributed by atoms with Crippen molar-refractivity contribution in [3.63, 3.8) is 0 Å². The average Bonchev–Trinajstić information content (AvgIpc) is 0.918. The molecule has 0 heterocycles. The molecule has 0 atom stereocenters. The molecule has 0 rings (SSSR count). The summed E-state index contributed by atoms with van der Waals surface area (Å²) in [5.41, 5.74) is 0. The molecule has 1 nitrogen and oxygen atoms in total. The minimum absolute atomic E-state index is 0. The van der Waals surface area contributed by atoms with Crippen LogP contribution in [0.15, 0.2) is 0 Å². The molecule has 0 aliphatic heterocycles. The zero-order chi connectivity index (χ0) is 2.71. The number of hydrogen-bond donors (Lipinski definition) is 1. The van der Waals surface area contributed by atoms with Gasteiger partial charge >= 0.3 is 31.0 Å². The van der Waals surface area contributed by atoms with E-state index in [-0.39, 0.29) is 31.0 Å². The van der Waals surface area contributed by atoms with E-state index >= 15 is 0 Å². The van der Waals surface area contributed by atoms with Crippen LogP contribution < -0.4 is 0 Å². The Kier molecular flexibility index (Phi) is 20.2. The molecule has 0 amide bonds. The van der Waals surface area contributed by atoms with Crippen molar-refractivity contribution in [2.45, 2.75) is 0 Å². The molecule has 0 bridgehead atoms. The predicted octanol–water partition coefficient (Wildman–Crippen LogP) is -0.139. The minimum atomic E-state index is 0. The van der Waals surface area contributed by atoms with E-state index in [2.05, 4.69) is 12.6 Å². The SMILES string of the molecule is N#CS.[H+].[NaH]. The van der Waals surface area contributed by atoms with Crippen LogP contribution in [0.5, 0.6) is 0 Å². The topological polar surface area (TPSA) is 23.8 Å². The maximum absolute atomic E-state index is 7.18. The average molecular weight is 84.1 g/mol. The number of thiocyanates is 1. The number of nitrogens with zero attached hydrogens (tertiary/aromatic N) is 1. The van der Waals surface area contributed by atoms with Crippen LogP contribution in [-0.4, -0.2) is 29.6 Å². The van der Waals surface area contributed by atoms with Gasteiger partial charge in [0.2, 0.25) is 0 Å². The van der Waals surface area contributed by atoms with E-state index in [0.717, 1.165) is 0 Å². The van der Waals surface area contributed by atoms with Gasteiger partial charge in [-0.15, -0.1) is 0 Å². The Morgan fingerprint density at radius 2 is 2.00 bits per heavy atom. The molecule has 18 valence electrons. The van der Waals surface area contributed by atoms with Crippen LogP contribution >= 0.6 is 12.6 Å². The molecule has 0 aromatic rings. The van der Waals surface area contributed by atoms with Crippen LogP contribution in [-0.2, 0) is 0 Å². The monoisotopic (exact) mass is 84.0 g/mol. The van der Waals surface area contributed by atoms with Gasteiger partial charge in [0.05, 0.1) is 0 Å². The summed E-state index contributed by atoms with van der Waals surface area (Å²) in [6.07, 6.45) is 0. The van der Waals surface area contributed by atoms with Crippen molar-refractivity contribution in [3.8, 4) is 5.40 Å². The number of thiol groups is 1. The van der Waals surface area contributed by atoms with Gasteiger partial charge in [0.1, 0.15) is 5.40 Å². The first kappa shape index (κ1) is 8.85. The second kappa shape index (κ2) is 9.15. The van der Waals surface area contributed by atoms with Gasteiger partial charge in [-0.2, -0.15) is 5.26 Å². The third-order valence-corrected chi connectivity index (χ3v) is 0. The van der Waals surface area contributed by atoms with Crippen molar-refractivity contribution in [2.75, 3.05) is 0 Å². The molecule has 0 saturated heterocycles. The Labute approximate surface area is 54.2 Å². The van der Waals surface area contributed by atoms with Gasteiger partial charge in [-0.05, 0) is 0 Å². The first-order chi connectivity index (χ1) is 1.41. The normalized spacial score (nSPS) is 2.00. The molecule has 0 N–H and O–H groups in total. The molecule has 0 radical (unpaired) electrons. The molecule has 0 aromatic heterocycles. The second-order valence-electron chi connectivity index (χ2n) is 0.100. The summed E-state index contributed by atoms with van der Waals surface area (Å²) in [6, 6.07) is 0.